The van der Waals surface area contributed by atoms with Crippen molar-refractivity contribution in [2.24, 2.45) is 0 Å². The molecule has 0 fully saturated rings. The quantitative estimate of drug-likeness (QED) is 0.853. The number of benzene rings is 2. The molecule has 0 aromatic heterocycles. The van der Waals surface area contributed by atoms with Gasteiger partial charge in [0.05, 0.1) is 21.3 Å². The first kappa shape index (κ1) is 16.1. The average molecular weight is 305 g/mol. The molecule has 0 saturated carbocycles. The van der Waals surface area contributed by atoms with E-state index in [-0.39, 0.29) is 5.82 Å². The van der Waals surface area contributed by atoms with Gasteiger partial charge in [0.2, 0.25) is 5.75 Å². The summed E-state index contributed by atoms with van der Waals surface area (Å²) in [5, 5.41) is 3.30. The lowest BCUT2D eigenvalue weighted by Gasteiger charge is -2.14. The Kier molecular flexibility index (Phi) is 5.61. The van der Waals surface area contributed by atoms with Gasteiger partial charge in [-0.25, -0.2) is 4.39 Å². The molecule has 118 valence electrons. The third-order valence-corrected chi connectivity index (χ3v) is 3.30. The Morgan fingerprint density at radius 3 is 1.86 bits per heavy atom. The molecule has 0 spiro atoms. The molecule has 2 aromatic rings. The maximum atomic E-state index is 12.9. The maximum Gasteiger partial charge on any atom is 0.203 e. The lowest BCUT2D eigenvalue weighted by atomic mass is 10.1. The van der Waals surface area contributed by atoms with Crippen molar-refractivity contribution in [2.45, 2.75) is 13.1 Å². The van der Waals surface area contributed by atoms with Gasteiger partial charge in [0, 0.05) is 13.1 Å². The number of hydrogen-bond acceptors (Lipinski definition) is 4. The Hall–Kier alpha value is -2.27. The van der Waals surface area contributed by atoms with Crippen LogP contribution in [0.4, 0.5) is 4.39 Å². The molecule has 0 unspecified atom stereocenters. The van der Waals surface area contributed by atoms with Crippen LogP contribution in [0.2, 0.25) is 0 Å². The number of hydrogen-bond donors (Lipinski definition) is 1. The van der Waals surface area contributed by atoms with E-state index < -0.39 is 0 Å². The lowest BCUT2D eigenvalue weighted by Crippen LogP contribution is -2.13. The summed E-state index contributed by atoms with van der Waals surface area (Å²) in [5.74, 6) is 1.60. The third-order valence-electron chi connectivity index (χ3n) is 3.30. The average Bonchev–Trinajstić information content (AvgIpc) is 2.55. The summed E-state index contributed by atoms with van der Waals surface area (Å²) in [5.41, 5.74) is 2.03. The van der Waals surface area contributed by atoms with Gasteiger partial charge in [-0.2, -0.15) is 0 Å². The zero-order valence-electron chi connectivity index (χ0n) is 13.0. The minimum atomic E-state index is -0.228. The highest BCUT2D eigenvalue weighted by Gasteiger charge is 2.12. The van der Waals surface area contributed by atoms with Crippen LogP contribution < -0.4 is 19.5 Å². The number of methoxy groups -OCH3 is 3. The second-order valence-electron chi connectivity index (χ2n) is 4.76. The minimum Gasteiger partial charge on any atom is -0.493 e. The van der Waals surface area contributed by atoms with Gasteiger partial charge in [-0.1, -0.05) is 12.1 Å². The Balaban J connectivity index is 2.04. The zero-order chi connectivity index (χ0) is 15.9. The molecule has 0 aliphatic carbocycles. The molecule has 5 heteroatoms. The molecular weight excluding hydrogens is 285 g/mol. The predicted octanol–water partition coefficient (Wildman–Crippen LogP) is 3.14. The molecule has 0 atom stereocenters. The molecule has 2 aromatic carbocycles. The fourth-order valence-corrected chi connectivity index (χ4v) is 2.19. The number of nitrogens with one attached hydrogen (secondary N) is 1. The van der Waals surface area contributed by atoms with Gasteiger partial charge in [-0.05, 0) is 35.4 Å². The largest absolute Gasteiger partial charge is 0.493 e. The van der Waals surface area contributed by atoms with Gasteiger partial charge in [-0.15, -0.1) is 0 Å². The van der Waals surface area contributed by atoms with Crippen LogP contribution in [0, 0.1) is 5.82 Å². The molecule has 0 heterocycles. The summed E-state index contributed by atoms with van der Waals surface area (Å²) in [6.45, 7) is 1.28. The maximum absolute atomic E-state index is 12.9. The van der Waals surface area contributed by atoms with Crippen molar-refractivity contribution < 1.29 is 18.6 Å². The molecule has 22 heavy (non-hydrogen) atoms. The van der Waals surface area contributed by atoms with Crippen LogP contribution in [0.15, 0.2) is 36.4 Å². The highest BCUT2D eigenvalue weighted by molar-refractivity contribution is 5.53. The van der Waals surface area contributed by atoms with Crippen molar-refractivity contribution in [3.8, 4) is 17.2 Å². The second kappa shape index (κ2) is 7.66. The summed E-state index contributed by atoms with van der Waals surface area (Å²) in [6, 6.07) is 10.2. The van der Waals surface area contributed by atoms with Gasteiger partial charge >= 0.3 is 0 Å². The summed E-state index contributed by atoms with van der Waals surface area (Å²) in [4.78, 5) is 0. The van der Waals surface area contributed by atoms with Crippen molar-refractivity contribution in [2.75, 3.05) is 21.3 Å². The van der Waals surface area contributed by atoms with E-state index in [1.54, 1.807) is 33.5 Å². The monoisotopic (exact) mass is 305 g/mol. The highest BCUT2D eigenvalue weighted by Crippen LogP contribution is 2.38. The van der Waals surface area contributed by atoms with E-state index in [9.17, 15) is 4.39 Å². The van der Waals surface area contributed by atoms with E-state index >= 15 is 0 Å². The van der Waals surface area contributed by atoms with Gasteiger partial charge in [-0.3, -0.25) is 0 Å². The van der Waals surface area contributed by atoms with Gasteiger partial charge < -0.3 is 19.5 Å². The van der Waals surface area contributed by atoms with E-state index in [0.717, 1.165) is 11.1 Å². The minimum absolute atomic E-state index is 0.228. The molecule has 0 radical (unpaired) electrons. The molecule has 4 nitrogen and oxygen atoms in total. The van der Waals surface area contributed by atoms with Gasteiger partial charge in [0.1, 0.15) is 5.82 Å². The fraction of sp³-hybridized carbons (Fsp3) is 0.294. The molecule has 2 rings (SSSR count). The summed E-state index contributed by atoms with van der Waals surface area (Å²) < 4.78 is 28.8. The zero-order valence-corrected chi connectivity index (χ0v) is 13.0. The SMILES string of the molecule is COc1cc(CNCc2ccc(F)cc2)cc(OC)c1OC. The lowest BCUT2D eigenvalue weighted by molar-refractivity contribution is 0.323. The molecule has 0 bridgehead atoms. The Labute approximate surface area is 129 Å². The summed E-state index contributed by atoms with van der Waals surface area (Å²) in [6.07, 6.45) is 0. The van der Waals surface area contributed by atoms with Gasteiger partial charge in [0.25, 0.3) is 0 Å². The van der Waals surface area contributed by atoms with Crippen molar-refractivity contribution in [3.63, 3.8) is 0 Å². The topological polar surface area (TPSA) is 39.7 Å². The highest BCUT2D eigenvalue weighted by atomic mass is 19.1. The van der Waals surface area contributed by atoms with E-state index in [1.165, 1.54) is 12.1 Å². The first-order valence-corrected chi connectivity index (χ1v) is 6.92. The standard InChI is InChI=1S/C17H20FNO3/c1-20-15-8-13(9-16(21-2)17(15)22-3)11-19-10-12-4-6-14(18)7-5-12/h4-9,19H,10-11H2,1-3H3. The third kappa shape index (κ3) is 3.89. The number of rotatable bonds is 7. The first-order chi connectivity index (χ1) is 10.7. The summed E-state index contributed by atoms with van der Waals surface area (Å²) in [7, 11) is 4.76. The molecule has 0 aliphatic heterocycles. The molecule has 0 aliphatic rings. The number of ether oxygens (including phenoxy) is 3. The summed E-state index contributed by atoms with van der Waals surface area (Å²) >= 11 is 0. The first-order valence-electron chi connectivity index (χ1n) is 6.92. The Morgan fingerprint density at radius 1 is 0.818 bits per heavy atom. The van der Waals surface area contributed by atoms with E-state index in [2.05, 4.69) is 5.32 Å². The smallest absolute Gasteiger partial charge is 0.203 e. The normalized spacial score (nSPS) is 10.4. The van der Waals surface area contributed by atoms with E-state index in [0.29, 0.717) is 30.3 Å². The van der Waals surface area contributed by atoms with E-state index in [1.807, 2.05) is 12.1 Å². The second-order valence-corrected chi connectivity index (χ2v) is 4.76. The van der Waals surface area contributed by atoms with Crippen LogP contribution in [0.3, 0.4) is 0 Å². The van der Waals surface area contributed by atoms with Crippen molar-refractivity contribution in [3.05, 3.63) is 53.3 Å². The fourth-order valence-electron chi connectivity index (χ4n) is 2.19. The van der Waals surface area contributed by atoms with E-state index in [4.69, 9.17) is 14.2 Å². The number of halogens is 1. The molecule has 0 amide bonds. The molecule has 1 N–H and O–H groups in total. The predicted molar refractivity (Wildman–Crippen MR) is 83.0 cm³/mol. The van der Waals surface area contributed by atoms with Crippen LogP contribution in [0.5, 0.6) is 17.2 Å². The van der Waals surface area contributed by atoms with Crippen molar-refractivity contribution in [1.29, 1.82) is 0 Å². The van der Waals surface area contributed by atoms with Crippen LogP contribution in [-0.4, -0.2) is 21.3 Å². The van der Waals surface area contributed by atoms with Gasteiger partial charge in [0.15, 0.2) is 11.5 Å². The Morgan fingerprint density at radius 2 is 1.36 bits per heavy atom. The van der Waals surface area contributed by atoms with Crippen LogP contribution in [0.1, 0.15) is 11.1 Å². The van der Waals surface area contributed by atoms with Crippen LogP contribution in [-0.2, 0) is 13.1 Å². The molecule has 0 saturated heterocycles. The molecular formula is C17H20FNO3. The van der Waals surface area contributed by atoms with Crippen molar-refractivity contribution in [1.82, 2.24) is 5.32 Å². The Bertz CT molecular complexity index is 589. The van der Waals surface area contributed by atoms with Crippen LogP contribution >= 0.6 is 0 Å². The van der Waals surface area contributed by atoms with Crippen molar-refractivity contribution >= 4 is 0 Å². The van der Waals surface area contributed by atoms with Crippen LogP contribution in [0.25, 0.3) is 0 Å².